The lowest BCUT2D eigenvalue weighted by atomic mass is 9.94. The molecule has 2 atom stereocenters. The minimum Gasteiger partial charge on any atom is -0.459 e. The maximum atomic E-state index is 12.2. The highest BCUT2D eigenvalue weighted by atomic mass is 32.2. The molecule has 2 rings (SSSR count). The molecular weight excluding hydrogens is 356 g/mol. The Hall–Kier alpha value is -1.41. The van der Waals surface area contributed by atoms with Crippen LogP contribution in [0.2, 0.25) is 0 Å². The van der Waals surface area contributed by atoms with E-state index in [0.717, 1.165) is 17.6 Å². The minimum atomic E-state index is -3.43. The van der Waals surface area contributed by atoms with E-state index in [0.29, 0.717) is 36.4 Å². The minimum absolute atomic E-state index is 0.0659. The van der Waals surface area contributed by atoms with Crippen LogP contribution in [0.5, 0.6) is 0 Å². The molecule has 0 radical (unpaired) electrons. The van der Waals surface area contributed by atoms with Crippen molar-refractivity contribution in [2.45, 2.75) is 57.5 Å². The molecule has 0 aromatic carbocycles. The summed E-state index contributed by atoms with van der Waals surface area (Å²) in [6.07, 6.45) is 3.31. The number of sulfone groups is 1. The fourth-order valence-electron chi connectivity index (χ4n) is 3.42. The van der Waals surface area contributed by atoms with E-state index < -0.39 is 27.8 Å². The first-order valence-electron chi connectivity index (χ1n) is 8.91. The highest BCUT2D eigenvalue weighted by molar-refractivity contribution is 7.92. The SMILES string of the molecule is CCCC1=C([C@H](O)CC/C(C)=C/c2ccc(CO)o2)[C@H](CO)S(=O)(=O)C1. The van der Waals surface area contributed by atoms with E-state index >= 15 is 0 Å². The smallest absolute Gasteiger partial charge is 0.163 e. The van der Waals surface area contributed by atoms with E-state index in [1.807, 2.05) is 19.9 Å². The van der Waals surface area contributed by atoms with Gasteiger partial charge in [-0.3, -0.25) is 0 Å². The predicted molar refractivity (Wildman–Crippen MR) is 100 cm³/mol. The lowest BCUT2D eigenvalue weighted by Gasteiger charge is -2.19. The molecular formula is C19H28O6S. The van der Waals surface area contributed by atoms with Gasteiger partial charge in [0.2, 0.25) is 0 Å². The van der Waals surface area contributed by atoms with Gasteiger partial charge in [0.05, 0.1) is 18.5 Å². The van der Waals surface area contributed by atoms with E-state index in [2.05, 4.69) is 0 Å². The number of furan rings is 1. The average molecular weight is 384 g/mol. The summed E-state index contributed by atoms with van der Waals surface area (Å²) < 4.78 is 29.9. The number of rotatable bonds is 9. The van der Waals surface area contributed by atoms with Gasteiger partial charge < -0.3 is 19.7 Å². The Morgan fingerprint density at radius 2 is 2.12 bits per heavy atom. The van der Waals surface area contributed by atoms with Crippen LogP contribution in [0.4, 0.5) is 0 Å². The van der Waals surface area contributed by atoms with Crippen molar-refractivity contribution in [2.75, 3.05) is 12.4 Å². The molecule has 146 valence electrons. The van der Waals surface area contributed by atoms with Gasteiger partial charge in [-0.05, 0) is 50.0 Å². The van der Waals surface area contributed by atoms with Gasteiger partial charge in [0.15, 0.2) is 9.84 Å². The lowest BCUT2D eigenvalue weighted by molar-refractivity contribution is 0.188. The van der Waals surface area contributed by atoms with Gasteiger partial charge >= 0.3 is 0 Å². The fraction of sp³-hybridized carbons (Fsp3) is 0.579. The third-order valence-electron chi connectivity index (χ3n) is 4.68. The van der Waals surface area contributed by atoms with Crippen LogP contribution in [0.1, 0.15) is 51.1 Å². The molecule has 0 unspecified atom stereocenters. The van der Waals surface area contributed by atoms with Crippen molar-refractivity contribution in [3.63, 3.8) is 0 Å². The third-order valence-corrected chi connectivity index (χ3v) is 6.70. The molecule has 1 aromatic heterocycles. The van der Waals surface area contributed by atoms with Gasteiger partial charge in [-0.15, -0.1) is 0 Å². The van der Waals surface area contributed by atoms with E-state index in [-0.39, 0.29) is 12.4 Å². The second-order valence-corrected chi connectivity index (χ2v) is 8.98. The first-order chi connectivity index (χ1) is 12.3. The van der Waals surface area contributed by atoms with Crippen LogP contribution >= 0.6 is 0 Å². The average Bonchev–Trinajstić information content (AvgIpc) is 3.13. The van der Waals surface area contributed by atoms with Gasteiger partial charge in [-0.25, -0.2) is 8.42 Å². The molecule has 0 saturated carbocycles. The molecule has 0 bridgehead atoms. The maximum Gasteiger partial charge on any atom is 0.163 e. The van der Waals surface area contributed by atoms with Crippen molar-refractivity contribution < 1.29 is 28.2 Å². The number of hydrogen-bond acceptors (Lipinski definition) is 6. The third kappa shape index (κ3) is 4.85. The molecule has 26 heavy (non-hydrogen) atoms. The molecule has 1 aliphatic heterocycles. The standard InChI is InChI=1S/C19H28O6S/c1-3-4-14-12-26(23,24)18(11-21)19(14)17(22)8-5-13(2)9-15-6-7-16(10-20)25-15/h6-7,9,17-18,20-22H,3-5,8,10-12H2,1-2H3/b13-9+/t17-,18+/m1/s1. The van der Waals surface area contributed by atoms with Crippen molar-refractivity contribution >= 4 is 15.9 Å². The first-order valence-corrected chi connectivity index (χ1v) is 10.6. The molecule has 2 heterocycles. The van der Waals surface area contributed by atoms with Gasteiger partial charge in [0.1, 0.15) is 23.4 Å². The molecule has 3 N–H and O–H groups in total. The fourth-order valence-corrected chi connectivity index (χ4v) is 5.36. The van der Waals surface area contributed by atoms with Crippen molar-refractivity contribution in [2.24, 2.45) is 0 Å². The predicted octanol–water partition coefficient (Wildman–Crippen LogP) is 2.20. The lowest BCUT2D eigenvalue weighted by Crippen LogP contribution is -2.29. The topological polar surface area (TPSA) is 108 Å². The second kappa shape index (κ2) is 8.99. The zero-order chi connectivity index (χ0) is 19.3. The summed E-state index contributed by atoms with van der Waals surface area (Å²) in [7, 11) is -3.43. The Balaban J connectivity index is 2.09. The summed E-state index contributed by atoms with van der Waals surface area (Å²) in [5, 5.41) is 28.2. The van der Waals surface area contributed by atoms with E-state index in [1.165, 1.54) is 0 Å². The molecule has 0 fully saturated rings. The maximum absolute atomic E-state index is 12.2. The summed E-state index contributed by atoms with van der Waals surface area (Å²) >= 11 is 0. The van der Waals surface area contributed by atoms with Crippen molar-refractivity contribution in [1.82, 2.24) is 0 Å². The molecule has 0 saturated heterocycles. The molecule has 6 nitrogen and oxygen atoms in total. The highest BCUT2D eigenvalue weighted by Crippen LogP contribution is 2.34. The van der Waals surface area contributed by atoms with E-state index in [4.69, 9.17) is 9.52 Å². The summed E-state index contributed by atoms with van der Waals surface area (Å²) in [6.45, 7) is 3.22. The van der Waals surface area contributed by atoms with Crippen molar-refractivity contribution in [3.05, 3.63) is 40.4 Å². The summed E-state index contributed by atoms with van der Waals surface area (Å²) in [5.74, 6) is 1.05. The molecule has 0 amide bonds. The van der Waals surface area contributed by atoms with Crippen LogP contribution in [0, 0.1) is 0 Å². The van der Waals surface area contributed by atoms with Gasteiger partial charge in [-0.2, -0.15) is 0 Å². The Morgan fingerprint density at radius 1 is 1.38 bits per heavy atom. The summed E-state index contributed by atoms with van der Waals surface area (Å²) in [5.41, 5.74) is 2.21. The van der Waals surface area contributed by atoms with Crippen LogP contribution in [0.3, 0.4) is 0 Å². The molecule has 7 heteroatoms. The van der Waals surface area contributed by atoms with Crippen LogP contribution in [0.15, 0.2) is 33.3 Å². The number of hydrogen-bond donors (Lipinski definition) is 3. The molecule has 1 aliphatic rings. The molecule has 0 spiro atoms. The van der Waals surface area contributed by atoms with E-state index in [1.54, 1.807) is 12.1 Å². The van der Waals surface area contributed by atoms with E-state index in [9.17, 15) is 18.6 Å². The van der Waals surface area contributed by atoms with Gasteiger partial charge in [-0.1, -0.05) is 24.5 Å². The number of aliphatic hydroxyl groups is 3. The Kier molecular flexibility index (Phi) is 7.23. The first kappa shape index (κ1) is 20.9. The Labute approximate surface area is 154 Å². The summed E-state index contributed by atoms with van der Waals surface area (Å²) in [4.78, 5) is 0. The quantitative estimate of drug-likeness (QED) is 0.563. The van der Waals surface area contributed by atoms with Gasteiger partial charge in [0.25, 0.3) is 0 Å². The zero-order valence-electron chi connectivity index (χ0n) is 15.3. The number of allylic oxidation sites excluding steroid dienone is 1. The molecule has 1 aromatic rings. The highest BCUT2D eigenvalue weighted by Gasteiger charge is 2.40. The zero-order valence-corrected chi connectivity index (χ0v) is 16.1. The monoisotopic (exact) mass is 384 g/mol. The van der Waals surface area contributed by atoms with Gasteiger partial charge in [0, 0.05) is 0 Å². The van der Waals surface area contributed by atoms with Crippen molar-refractivity contribution in [3.8, 4) is 0 Å². The largest absolute Gasteiger partial charge is 0.459 e. The summed E-state index contributed by atoms with van der Waals surface area (Å²) in [6, 6.07) is 3.46. The van der Waals surface area contributed by atoms with Crippen LogP contribution < -0.4 is 0 Å². The second-order valence-electron chi connectivity index (χ2n) is 6.79. The Morgan fingerprint density at radius 3 is 2.69 bits per heavy atom. The van der Waals surface area contributed by atoms with Crippen LogP contribution in [0.25, 0.3) is 6.08 Å². The van der Waals surface area contributed by atoms with Crippen LogP contribution in [-0.2, 0) is 16.4 Å². The van der Waals surface area contributed by atoms with Crippen molar-refractivity contribution in [1.29, 1.82) is 0 Å². The molecule has 0 aliphatic carbocycles. The normalized spacial score (nSPS) is 21.4. The Bertz CT molecular complexity index is 772. The van der Waals surface area contributed by atoms with Crippen LogP contribution in [-0.4, -0.2) is 47.5 Å². The number of aliphatic hydroxyl groups excluding tert-OH is 3.